The van der Waals surface area contributed by atoms with Gasteiger partial charge < -0.3 is 10.6 Å². The fourth-order valence-corrected chi connectivity index (χ4v) is 2.06. The fourth-order valence-electron chi connectivity index (χ4n) is 2.06. The molecule has 1 aromatic carbocycles. The average Bonchev–Trinajstić information content (AvgIpc) is 2.98. The lowest BCUT2D eigenvalue weighted by Gasteiger charge is -2.11. The van der Waals surface area contributed by atoms with Crippen LogP contribution in [0.25, 0.3) is 5.69 Å². The number of halogens is 3. The molecular weight excluding hydrogens is 309 g/mol. The first-order valence-electron chi connectivity index (χ1n) is 7.08. The Labute approximate surface area is 131 Å². The molecule has 124 valence electrons. The molecule has 0 fully saturated rings. The molecule has 2 N–H and O–H groups in total. The van der Waals surface area contributed by atoms with Crippen LogP contribution >= 0.6 is 0 Å². The molecule has 0 aliphatic carbocycles. The van der Waals surface area contributed by atoms with Crippen molar-refractivity contribution in [3.63, 3.8) is 0 Å². The van der Waals surface area contributed by atoms with E-state index in [0.717, 1.165) is 23.5 Å². The SMILES string of the molecule is CNCCCC(=O)Nc1ccc(-n2nccc2C(F)(F)F)cc1. The lowest BCUT2D eigenvalue weighted by atomic mass is 10.2. The van der Waals surface area contributed by atoms with Crippen molar-refractivity contribution in [1.82, 2.24) is 15.1 Å². The summed E-state index contributed by atoms with van der Waals surface area (Å²) in [5.41, 5.74) is -0.0409. The third-order valence-corrected chi connectivity index (χ3v) is 3.16. The number of hydrogen-bond donors (Lipinski definition) is 2. The molecule has 0 saturated heterocycles. The Balaban J connectivity index is 2.06. The van der Waals surface area contributed by atoms with Gasteiger partial charge in [0.25, 0.3) is 0 Å². The van der Waals surface area contributed by atoms with E-state index in [4.69, 9.17) is 0 Å². The van der Waals surface area contributed by atoms with E-state index in [-0.39, 0.29) is 11.6 Å². The van der Waals surface area contributed by atoms with Crippen molar-refractivity contribution in [1.29, 1.82) is 0 Å². The van der Waals surface area contributed by atoms with Crippen molar-refractivity contribution in [2.45, 2.75) is 19.0 Å². The molecule has 2 aromatic rings. The number of carbonyl (C=O) groups is 1. The van der Waals surface area contributed by atoms with Gasteiger partial charge in [0.1, 0.15) is 5.69 Å². The predicted octanol–water partition coefficient (Wildman–Crippen LogP) is 2.83. The summed E-state index contributed by atoms with van der Waals surface area (Å²) in [5, 5.41) is 9.34. The Morgan fingerprint density at radius 3 is 2.52 bits per heavy atom. The van der Waals surface area contributed by atoms with Crippen LogP contribution in [0, 0.1) is 0 Å². The van der Waals surface area contributed by atoms with Crippen molar-refractivity contribution in [2.75, 3.05) is 18.9 Å². The molecule has 1 aromatic heterocycles. The highest BCUT2D eigenvalue weighted by Gasteiger charge is 2.35. The predicted molar refractivity (Wildman–Crippen MR) is 80.4 cm³/mol. The van der Waals surface area contributed by atoms with E-state index in [1.165, 1.54) is 12.1 Å². The van der Waals surface area contributed by atoms with Crippen molar-refractivity contribution in [2.24, 2.45) is 0 Å². The summed E-state index contributed by atoms with van der Waals surface area (Å²) in [5.74, 6) is -0.136. The second kappa shape index (κ2) is 7.28. The minimum Gasteiger partial charge on any atom is -0.326 e. The molecule has 0 aliphatic heterocycles. The summed E-state index contributed by atoms with van der Waals surface area (Å²) in [6.07, 6.45) is -2.29. The average molecular weight is 326 g/mol. The van der Waals surface area contributed by atoms with Crippen molar-refractivity contribution >= 4 is 11.6 Å². The van der Waals surface area contributed by atoms with E-state index in [2.05, 4.69) is 15.7 Å². The molecule has 0 atom stereocenters. The van der Waals surface area contributed by atoms with Gasteiger partial charge in [-0.25, -0.2) is 4.68 Å². The molecular formula is C15H17F3N4O. The molecule has 0 saturated carbocycles. The lowest BCUT2D eigenvalue weighted by molar-refractivity contribution is -0.142. The summed E-state index contributed by atoms with van der Waals surface area (Å²) in [7, 11) is 1.81. The Bertz CT molecular complexity index is 649. The van der Waals surface area contributed by atoms with Gasteiger partial charge in [0, 0.05) is 12.1 Å². The maximum absolute atomic E-state index is 12.8. The maximum Gasteiger partial charge on any atom is 0.433 e. The number of alkyl halides is 3. The molecule has 1 amide bonds. The van der Waals surface area contributed by atoms with E-state index in [0.29, 0.717) is 18.5 Å². The van der Waals surface area contributed by atoms with Gasteiger partial charge in [0.15, 0.2) is 0 Å². The van der Waals surface area contributed by atoms with Crippen LogP contribution in [-0.2, 0) is 11.0 Å². The molecule has 8 heteroatoms. The number of nitrogens with one attached hydrogen (secondary N) is 2. The zero-order chi connectivity index (χ0) is 16.9. The van der Waals surface area contributed by atoms with E-state index >= 15 is 0 Å². The summed E-state index contributed by atoms with van der Waals surface area (Å²) < 4.78 is 39.3. The minimum absolute atomic E-state index is 0.136. The van der Waals surface area contributed by atoms with Crippen molar-refractivity contribution in [3.05, 3.63) is 42.2 Å². The molecule has 5 nitrogen and oxygen atoms in total. The van der Waals surface area contributed by atoms with E-state index in [1.54, 1.807) is 19.2 Å². The number of hydrogen-bond acceptors (Lipinski definition) is 3. The van der Waals surface area contributed by atoms with Crippen LogP contribution < -0.4 is 10.6 Å². The molecule has 0 radical (unpaired) electrons. The molecule has 2 rings (SSSR count). The molecule has 1 heterocycles. The summed E-state index contributed by atoms with van der Waals surface area (Å²) in [4.78, 5) is 11.7. The van der Waals surface area contributed by atoms with E-state index < -0.39 is 11.9 Å². The Kier molecular flexibility index (Phi) is 5.38. The standard InChI is InChI=1S/C15H17F3N4O/c1-19-9-2-3-14(23)21-11-4-6-12(7-5-11)22-13(8-10-20-22)15(16,17)18/h4-8,10,19H,2-3,9H2,1H3,(H,21,23). The van der Waals surface area contributed by atoms with Gasteiger partial charge in [-0.3, -0.25) is 4.79 Å². The number of anilines is 1. The number of carbonyl (C=O) groups excluding carboxylic acids is 1. The van der Waals surface area contributed by atoms with Gasteiger partial charge in [-0.2, -0.15) is 18.3 Å². The van der Waals surface area contributed by atoms with E-state index in [9.17, 15) is 18.0 Å². The van der Waals surface area contributed by atoms with Gasteiger partial charge in [0.2, 0.25) is 5.91 Å². The molecule has 0 unspecified atom stereocenters. The van der Waals surface area contributed by atoms with Gasteiger partial charge in [-0.15, -0.1) is 0 Å². The molecule has 0 aliphatic rings. The fraction of sp³-hybridized carbons (Fsp3) is 0.333. The Hall–Kier alpha value is -2.35. The molecule has 23 heavy (non-hydrogen) atoms. The molecule has 0 spiro atoms. The zero-order valence-electron chi connectivity index (χ0n) is 12.5. The number of aromatic nitrogens is 2. The van der Waals surface area contributed by atoms with E-state index in [1.807, 2.05) is 0 Å². The van der Waals surface area contributed by atoms with Crippen LogP contribution in [0.4, 0.5) is 18.9 Å². The summed E-state index contributed by atoms with van der Waals surface area (Å²) in [6, 6.07) is 6.97. The molecule has 0 bridgehead atoms. The maximum atomic E-state index is 12.8. The topological polar surface area (TPSA) is 59.0 Å². The smallest absolute Gasteiger partial charge is 0.326 e. The first-order valence-corrected chi connectivity index (χ1v) is 7.08. The van der Waals surface area contributed by atoms with Gasteiger partial charge in [-0.05, 0) is 50.3 Å². The number of rotatable bonds is 6. The minimum atomic E-state index is -4.48. The lowest BCUT2D eigenvalue weighted by Crippen LogP contribution is -2.15. The summed E-state index contributed by atoms with van der Waals surface area (Å²) in [6.45, 7) is 0.742. The third-order valence-electron chi connectivity index (χ3n) is 3.16. The van der Waals surface area contributed by atoms with Crippen molar-refractivity contribution in [3.8, 4) is 5.69 Å². The highest BCUT2D eigenvalue weighted by molar-refractivity contribution is 5.90. The first-order chi connectivity index (χ1) is 10.9. The largest absolute Gasteiger partial charge is 0.433 e. The van der Waals surface area contributed by atoms with Gasteiger partial charge in [0.05, 0.1) is 11.9 Å². The number of benzene rings is 1. The number of nitrogens with zero attached hydrogens (tertiary/aromatic N) is 2. The quantitative estimate of drug-likeness (QED) is 0.803. The second-order valence-electron chi connectivity index (χ2n) is 4.93. The van der Waals surface area contributed by atoms with Crippen LogP contribution in [0.5, 0.6) is 0 Å². The highest BCUT2D eigenvalue weighted by atomic mass is 19.4. The zero-order valence-corrected chi connectivity index (χ0v) is 12.5. The van der Waals surface area contributed by atoms with Crippen LogP contribution in [0.2, 0.25) is 0 Å². The Morgan fingerprint density at radius 1 is 1.22 bits per heavy atom. The second-order valence-corrected chi connectivity index (χ2v) is 4.93. The van der Waals surface area contributed by atoms with Crippen LogP contribution in [0.15, 0.2) is 36.5 Å². The van der Waals surface area contributed by atoms with Crippen LogP contribution in [-0.4, -0.2) is 29.3 Å². The normalized spacial score (nSPS) is 11.5. The van der Waals surface area contributed by atoms with Gasteiger partial charge >= 0.3 is 6.18 Å². The third kappa shape index (κ3) is 4.56. The van der Waals surface area contributed by atoms with Crippen LogP contribution in [0.1, 0.15) is 18.5 Å². The summed E-state index contributed by atoms with van der Waals surface area (Å²) >= 11 is 0. The first kappa shape index (κ1) is 17.0. The Morgan fingerprint density at radius 2 is 1.91 bits per heavy atom. The van der Waals surface area contributed by atoms with Gasteiger partial charge in [-0.1, -0.05) is 0 Å². The number of amides is 1. The van der Waals surface area contributed by atoms with Crippen LogP contribution in [0.3, 0.4) is 0 Å². The highest BCUT2D eigenvalue weighted by Crippen LogP contribution is 2.30. The van der Waals surface area contributed by atoms with Crippen molar-refractivity contribution < 1.29 is 18.0 Å². The monoisotopic (exact) mass is 326 g/mol.